The van der Waals surface area contributed by atoms with Gasteiger partial charge in [0.1, 0.15) is 12.3 Å². The molecular formula is C18H21N3O2S. The molecule has 2 aromatic heterocycles. The molecule has 24 heavy (non-hydrogen) atoms. The van der Waals surface area contributed by atoms with Crippen LogP contribution in [0, 0.1) is 0 Å². The number of rotatable bonds is 6. The van der Waals surface area contributed by atoms with Gasteiger partial charge in [0.25, 0.3) is 0 Å². The summed E-state index contributed by atoms with van der Waals surface area (Å²) in [6, 6.07) is 7.74. The Morgan fingerprint density at radius 3 is 2.96 bits per heavy atom. The van der Waals surface area contributed by atoms with Crippen molar-refractivity contribution in [1.82, 2.24) is 14.9 Å². The number of aromatic nitrogens is 2. The molecule has 0 bridgehead atoms. The Labute approximate surface area is 145 Å². The number of methoxy groups -OCH3 is 1. The van der Waals surface area contributed by atoms with Gasteiger partial charge in [-0.15, -0.1) is 11.3 Å². The first-order valence-electron chi connectivity index (χ1n) is 7.97. The van der Waals surface area contributed by atoms with E-state index in [0.29, 0.717) is 0 Å². The molecule has 1 aromatic carbocycles. The molecular weight excluding hydrogens is 322 g/mol. The summed E-state index contributed by atoms with van der Waals surface area (Å²) < 4.78 is 7.17. The van der Waals surface area contributed by atoms with Crippen molar-refractivity contribution in [3.05, 3.63) is 46.5 Å². The number of nitrogens with zero attached hydrogens (tertiary/aromatic N) is 2. The van der Waals surface area contributed by atoms with Gasteiger partial charge in [-0.05, 0) is 37.6 Å². The van der Waals surface area contributed by atoms with E-state index < -0.39 is 0 Å². The number of ether oxygens (including phenoxy) is 1. The topological polar surface area (TPSA) is 56.2 Å². The zero-order chi connectivity index (χ0) is 17.1. The van der Waals surface area contributed by atoms with Crippen molar-refractivity contribution in [3.8, 4) is 5.75 Å². The van der Waals surface area contributed by atoms with Crippen molar-refractivity contribution in [2.75, 3.05) is 7.11 Å². The molecule has 5 nitrogen and oxygen atoms in total. The highest BCUT2D eigenvalue weighted by Crippen LogP contribution is 2.22. The van der Waals surface area contributed by atoms with Gasteiger partial charge in [-0.1, -0.05) is 6.92 Å². The van der Waals surface area contributed by atoms with Crippen LogP contribution in [0.3, 0.4) is 0 Å². The van der Waals surface area contributed by atoms with Crippen molar-refractivity contribution < 1.29 is 9.53 Å². The number of carbonyl (C=O) groups excluding carboxylic acids is 1. The fraction of sp³-hybridized carbons (Fsp3) is 0.333. The molecule has 2 heterocycles. The summed E-state index contributed by atoms with van der Waals surface area (Å²) in [5.41, 5.74) is 1.94. The molecule has 1 unspecified atom stereocenters. The smallest absolute Gasteiger partial charge is 0.240 e. The standard InChI is InChI=1S/C18H21N3O2S/c1-4-18-20-15(11-24-18)12(2)19-17(22)10-21-8-7-13-9-14(23-3)5-6-16(13)21/h5-9,11-12H,4,10H2,1-3H3,(H,19,22). The molecule has 0 aliphatic carbocycles. The van der Waals surface area contributed by atoms with E-state index in [1.54, 1.807) is 18.4 Å². The molecule has 3 rings (SSSR count). The summed E-state index contributed by atoms with van der Waals surface area (Å²) in [5.74, 6) is 0.787. The molecule has 0 aliphatic heterocycles. The molecule has 1 N–H and O–H groups in total. The third-order valence-electron chi connectivity index (χ3n) is 3.99. The van der Waals surface area contributed by atoms with E-state index in [2.05, 4.69) is 17.2 Å². The number of fused-ring (bicyclic) bond motifs is 1. The van der Waals surface area contributed by atoms with Gasteiger partial charge in [0.05, 0.1) is 23.9 Å². The molecule has 1 atom stereocenters. The predicted molar refractivity (Wildman–Crippen MR) is 96.5 cm³/mol. The average molecular weight is 343 g/mol. The maximum absolute atomic E-state index is 12.4. The van der Waals surface area contributed by atoms with E-state index in [9.17, 15) is 4.79 Å². The Bertz CT molecular complexity index is 853. The molecule has 6 heteroatoms. The summed E-state index contributed by atoms with van der Waals surface area (Å²) in [6.07, 6.45) is 2.84. The normalized spacial score (nSPS) is 12.3. The Morgan fingerprint density at radius 2 is 2.25 bits per heavy atom. The number of aryl methyl sites for hydroxylation is 1. The number of thiazole rings is 1. The third-order valence-corrected chi connectivity index (χ3v) is 5.00. The van der Waals surface area contributed by atoms with Crippen LogP contribution in [0.1, 0.15) is 30.6 Å². The van der Waals surface area contributed by atoms with Crippen molar-refractivity contribution in [2.24, 2.45) is 0 Å². The molecule has 0 aliphatic rings. The molecule has 0 saturated heterocycles. The minimum absolute atomic E-state index is 0.0260. The minimum Gasteiger partial charge on any atom is -0.497 e. The van der Waals surface area contributed by atoms with E-state index in [0.717, 1.165) is 33.8 Å². The summed E-state index contributed by atoms with van der Waals surface area (Å²) in [7, 11) is 1.65. The molecule has 0 spiro atoms. The predicted octanol–water partition coefficient (Wildman–Crippen LogP) is 3.55. The van der Waals surface area contributed by atoms with Gasteiger partial charge in [0.15, 0.2) is 0 Å². The number of nitrogens with one attached hydrogen (secondary N) is 1. The van der Waals surface area contributed by atoms with Crippen LogP contribution >= 0.6 is 11.3 Å². The monoisotopic (exact) mass is 343 g/mol. The summed E-state index contributed by atoms with van der Waals surface area (Å²) in [4.78, 5) is 16.9. The first-order chi connectivity index (χ1) is 11.6. The Kier molecular flexibility index (Phi) is 4.85. The van der Waals surface area contributed by atoms with Crippen LogP contribution in [0.5, 0.6) is 5.75 Å². The number of benzene rings is 1. The fourth-order valence-corrected chi connectivity index (χ4v) is 3.48. The molecule has 0 fully saturated rings. The highest BCUT2D eigenvalue weighted by molar-refractivity contribution is 7.09. The first-order valence-corrected chi connectivity index (χ1v) is 8.85. The summed E-state index contributed by atoms with van der Waals surface area (Å²) in [5, 5.41) is 7.19. The van der Waals surface area contributed by atoms with E-state index >= 15 is 0 Å². The lowest BCUT2D eigenvalue weighted by Gasteiger charge is -2.13. The molecule has 3 aromatic rings. The second-order valence-electron chi connectivity index (χ2n) is 5.68. The SMILES string of the molecule is CCc1nc(C(C)NC(=O)Cn2ccc3cc(OC)ccc32)cs1. The van der Waals surface area contributed by atoms with E-state index in [-0.39, 0.29) is 18.5 Å². The number of hydrogen-bond acceptors (Lipinski definition) is 4. The van der Waals surface area contributed by atoms with E-state index in [1.807, 2.05) is 47.3 Å². The van der Waals surface area contributed by atoms with Crippen molar-refractivity contribution >= 4 is 28.1 Å². The number of amides is 1. The lowest BCUT2D eigenvalue weighted by molar-refractivity contribution is -0.122. The maximum Gasteiger partial charge on any atom is 0.240 e. The first kappa shape index (κ1) is 16.5. The average Bonchev–Trinajstić information content (AvgIpc) is 3.21. The fourth-order valence-electron chi connectivity index (χ4n) is 2.65. The second kappa shape index (κ2) is 7.05. The van der Waals surface area contributed by atoms with Gasteiger partial charge in [0.2, 0.25) is 5.91 Å². The summed E-state index contributed by atoms with van der Waals surface area (Å²) >= 11 is 1.64. The second-order valence-corrected chi connectivity index (χ2v) is 6.62. The van der Waals surface area contributed by atoms with Crippen molar-refractivity contribution in [3.63, 3.8) is 0 Å². The lowest BCUT2D eigenvalue weighted by Crippen LogP contribution is -2.30. The molecule has 1 amide bonds. The molecule has 126 valence electrons. The quantitative estimate of drug-likeness (QED) is 0.745. The zero-order valence-corrected chi connectivity index (χ0v) is 14.9. The van der Waals surface area contributed by atoms with Crippen LogP contribution < -0.4 is 10.1 Å². The van der Waals surface area contributed by atoms with E-state index in [4.69, 9.17) is 4.74 Å². The highest BCUT2D eigenvalue weighted by Gasteiger charge is 2.14. The lowest BCUT2D eigenvalue weighted by atomic mass is 10.2. The van der Waals surface area contributed by atoms with Crippen LogP contribution in [0.2, 0.25) is 0 Å². The number of carbonyl (C=O) groups is 1. The summed E-state index contributed by atoms with van der Waals surface area (Å²) in [6.45, 7) is 4.33. The Morgan fingerprint density at radius 1 is 1.42 bits per heavy atom. The van der Waals surface area contributed by atoms with Crippen LogP contribution in [0.25, 0.3) is 10.9 Å². The van der Waals surface area contributed by atoms with Gasteiger partial charge >= 0.3 is 0 Å². The van der Waals surface area contributed by atoms with Crippen LogP contribution in [0.4, 0.5) is 0 Å². The van der Waals surface area contributed by atoms with Gasteiger partial charge in [-0.3, -0.25) is 4.79 Å². The van der Waals surface area contributed by atoms with E-state index in [1.165, 1.54) is 0 Å². The minimum atomic E-state index is -0.0871. The molecule has 0 radical (unpaired) electrons. The third kappa shape index (κ3) is 3.43. The van der Waals surface area contributed by atoms with Crippen LogP contribution in [0.15, 0.2) is 35.8 Å². The van der Waals surface area contributed by atoms with Crippen LogP contribution in [-0.4, -0.2) is 22.6 Å². The van der Waals surface area contributed by atoms with Crippen molar-refractivity contribution in [1.29, 1.82) is 0 Å². The zero-order valence-electron chi connectivity index (χ0n) is 14.1. The molecule has 0 saturated carbocycles. The Balaban J connectivity index is 1.68. The highest BCUT2D eigenvalue weighted by atomic mass is 32.1. The largest absolute Gasteiger partial charge is 0.497 e. The van der Waals surface area contributed by atoms with Gasteiger partial charge in [-0.2, -0.15) is 0 Å². The Hall–Kier alpha value is -2.34. The van der Waals surface area contributed by atoms with Crippen molar-refractivity contribution in [2.45, 2.75) is 32.9 Å². The maximum atomic E-state index is 12.4. The number of hydrogen-bond donors (Lipinski definition) is 1. The van der Waals surface area contributed by atoms with Crippen LogP contribution in [-0.2, 0) is 17.8 Å². The van der Waals surface area contributed by atoms with Gasteiger partial charge in [0, 0.05) is 22.5 Å². The van der Waals surface area contributed by atoms with Gasteiger partial charge in [-0.25, -0.2) is 4.98 Å². The van der Waals surface area contributed by atoms with Gasteiger partial charge < -0.3 is 14.6 Å².